The van der Waals surface area contributed by atoms with Crippen molar-refractivity contribution < 1.29 is 13.5 Å². The number of pyridine rings is 1. The molecule has 1 heterocycles. The van der Waals surface area contributed by atoms with Gasteiger partial charge in [0, 0.05) is 13.1 Å². The van der Waals surface area contributed by atoms with Gasteiger partial charge in [0.2, 0.25) is 0 Å². The highest BCUT2D eigenvalue weighted by Crippen LogP contribution is 2.26. The highest BCUT2D eigenvalue weighted by atomic mass is 79.9. The first-order valence-corrected chi connectivity index (χ1v) is 3.96. The Morgan fingerprint density at radius 2 is 2.25 bits per heavy atom. The summed E-state index contributed by atoms with van der Waals surface area (Å²) in [5, 5.41) is 0. The fourth-order valence-corrected chi connectivity index (χ4v) is 0.972. The van der Waals surface area contributed by atoms with Gasteiger partial charge in [-0.3, -0.25) is 0 Å². The van der Waals surface area contributed by atoms with Crippen molar-refractivity contribution in [3.05, 3.63) is 22.9 Å². The quantitative estimate of drug-likeness (QED) is 0.739. The number of nitrogens with zero attached hydrogens (tertiary/aromatic N) is 1. The van der Waals surface area contributed by atoms with E-state index in [1.165, 1.54) is 18.3 Å². The Labute approximate surface area is 76.7 Å². The molecule has 66 valence electrons. The van der Waals surface area contributed by atoms with E-state index in [0.29, 0.717) is 6.92 Å². The van der Waals surface area contributed by atoms with Gasteiger partial charge in [0.15, 0.2) is 5.75 Å². The van der Waals surface area contributed by atoms with Crippen molar-refractivity contribution in [1.82, 2.24) is 4.98 Å². The van der Waals surface area contributed by atoms with Crippen LogP contribution in [0.3, 0.4) is 0 Å². The minimum Gasteiger partial charge on any atom is -0.430 e. The summed E-state index contributed by atoms with van der Waals surface area (Å²) < 4.78 is 29.2. The molecule has 1 rings (SSSR count). The van der Waals surface area contributed by atoms with Gasteiger partial charge in [-0.05, 0) is 28.1 Å². The van der Waals surface area contributed by atoms with Gasteiger partial charge in [-0.1, -0.05) is 0 Å². The number of aromatic nitrogens is 1. The summed E-state index contributed by atoms with van der Waals surface area (Å²) in [5.74, 6) is 0.0324. The number of rotatable bonds is 2. The smallest absolute Gasteiger partial charge is 0.395 e. The summed E-state index contributed by atoms with van der Waals surface area (Å²) >= 11 is 2.98. The molecule has 12 heavy (non-hydrogen) atoms. The normalized spacial score (nSPS) is 11.3. The van der Waals surface area contributed by atoms with Crippen LogP contribution in [0, 0.1) is 0 Å². The molecule has 1 aromatic heterocycles. The van der Waals surface area contributed by atoms with Gasteiger partial charge in [-0.15, -0.1) is 0 Å². The van der Waals surface area contributed by atoms with Gasteiger partial charge in [0.1, 0.15) is 4.60 Å². The predicted octanol–water partition coefficient (Wildman–Crippen LogP) is 2.84. The third kappa shape index (κ3) is 2.73. The van der Waals surface area contributed by atoms with Gasteiger partial charge in [0.25, 0.3) is 0 Å². The molecule has 5 heteroatoms. The Bertz CT molecular complexity index is 274. The van der Waals surface area contributed by atoms with E-state index in [1.54, 1.807) is 0 Å². The van der Waals surface area contributed by atoms with Crippen LogP contribution in [0.4, 0.5) is 8.78 Å². The number of hydrogen-bond donors (Lipinski definition) is 0. The Hall–Kier alpha value is -0.710. The molecule has 0 amide bonds. The third-order valence-electron chi connectivity index (χ3n) is 1.01. The maximum Gasteiger partial charge on any atom is 0.395 e. The fourth-order valence-electron chi connectivity index (χ4n) is 0.640. The average Bonchev–Trinajstić information content (AvgIpc) is 1.91. The second-order valence-electron chi connectivity index (χ2n) is 2.20. The van der Waals surface area contributed by atoms with E-state index in [0.717, 1.165) is 0 Å². The van der Waals surface area contributed by atoms with E-state index in [2.05, 4.69) is 25.7 Å². The summed E-state index contributed by atoms with van der Waals surface area (Å²) in [6, 6.07) is 2.93. The van der Waals surface area contributed by atoms with Crippen LogP contribution in [0.2, 0.25) is 0 Å². The number of hydrogen-bond acceptors (Lipinski definition) is 2. The number of alkyl halides is 2. The Morgan fingerprint density at radius 1 is 1.58 bits per heavy atom. The molecule has 0 unspecified atom stereocenters. The van der Waals surface area contributed by atoms with Crippen LogP contribution in [0.1, 0.15) is 6.92 Å². The largest absolute Gasteiger partial charge is 0.430 e. The van der Waals surface area contributed by atoms with Gasteiger partial charge < -0.3 is 4.74 Å². The third-order valence-corrected chi connectivity index (χ3v) is 1.61. The van der Waals surface area contributed by atoms with Crippen molar-refractivity contribution in [3.8, 4) is 5.75 Å². The first kappa shape index (κ1) is 9.38. The molecule has 0 spiro atoms. The zero-order chi connectivity index (χ0) is 9.19. The molecular weight excluding hydrogens is 232 g/mol. The Kier molecular flexibility index (Phi) is 2.62. The monoisotopic (exact) mass is 237 g/mol. The van der Waals surface area contributed by atoms with Crippen molar-refractivity contribution in [1.29, 1.82) is 0 Å². The maximum absolute atomic E-state index is 12.3. The molecule has 0 aromatic carbocycles. The molecule has 0 atom stereocenters. The standard InChI is InChI=1S/C7H6BrF2NO/c1-7(9,10)12-5-3-2-4-11-6(5)8/h2-4H,1H3. The second kappa shape index (κ2) is 3.35. The van der Waals surface area contributed by atoms with Crippen molar-refractivity contribution >= 4 is 15.9 Å². The molecule has 0 bridgehead atoms. The molecule has 0 aliphatic carbocycles. The lowest BCUT2D eigenvalue weighted by atomic mass is 10.5. The zero-order valence-corrected chi connectivity index (χ0v) is 7.81. The zero-order valence-electron chi connectivity index (χ0n) is 6.22. The van der Waals surface area contributed by atoms with E-state index in [4.69, 9.17) is 0 Å². The molecule has 0 fully saturated rings. The molecule has 0 aliphatic heterocycles. The molecule has 0 saturated carbocycles. The van der Waals surface area contributed by atoms with Crippen molar-refractivity contribution in [2.24, 2.45) is 0 Å². The topological polar surface area (TPSA) is 22.1 Å². The minimum atomic E-state index is -3.18. The van der Waals surface area contributed by atoms with Crippen LogP contribution in [0.5, 0.6) is 5.75 Å². The predicted molar refractivity (Wildman–Crippen MR) is 43.2 cm³/mol. The van der Waals surface area contributed by atoms with Crippen molar-refractivity contribution in [2.45, 2.75) is 13.0 Å². The van der Waals surface area contributed by atoms with E-state index in [1.807, 2.05) is 0 Å². The van der Waals surface area contributed by atoms with Gasteiger partial charge in [0.05, 0.1) is 0 Å². The summed E-state index contributed by atoms with van der Waals surface area (Å²) in [7, 11) is 0. The second-order valence-corrected chi connectivity index (χ2v) is 2.95. The van der Waals surface area contributed by atoms with Gasteiger partial charge in [-0.25, -0.2) is 4.98 Å². The molecule has 0 saturated heterocycles. The van der Waals surface area contributed by atoms with Crippen LogP contribution in [-0.2, 0) is 0 Å². The van der Waals surface area contributed by atoms with Crippen molar-refractivity contribution in [3.63, 3.8) is 0 Å². The highest BCUT2D eigenvalue weighted by molar-refractivity contribution is 9.10. The van der Waals surface area contributed by atoms with Crippen LogP contribution in [0.15, 0.2) is 22.9 Å². The molecule has 0 radical (unpaired) electrons. The van der Waals surface area contributed by atoms with Crippen LogP contribution in [0.25, 0.3) is 0 Å². The number of ether oxygens (including phenoxy) is 1. The first-order valence-electron chi connectivity index (χ1n) is 3.16. The molecule has 1 aromatic rings. The van der Waals surface area contributed by atoms with Gasteiger partial charge >= 0.3 is 6.11 Å². The minimum absolute atomic E-state index is 0.0324. The van der Waals surface area contributed by atoms with E-state index in [9.17, 15) is 8.78 Å². The molecule has 2 nitrogen and oxygen atoms in total. The first-order chi connectivity index (χ1) is 5.49. The fraction of sp³-hybridized carbons (Fsp3) is 0.286. The maximum atomic E-state index is 12.3. The summed E-state index contributed by atoms with van der Waals surface area (Å²) in [4.78, 5) is 3.72. The lowest BCUT2D eigenvalue weighted by Crippen LogP contribution is -2.19. The van der Waals surface area contributed by atoms with Crippen LogP contribution in [-0.4, -0.2) is 11.1 Å². The van der Waals surface area contributed by atoms with Crippen LogP contribution >= 0.6 is 15.9 Å². The van der Waals surface area contributed by atoms with Crippen LogP contribution < -0.4 is 4.74 Å². The summed E-state index contributed by atoms with van der Waals surface area (Å²) in [5.41, 5.74) is 0. The van der Waals surface area contributed by atoms with Crippen molar-refractivity contribution in [2.75, 3.05) is 0 Å². The van der Waals surface area contributed by atoms with Gasteiger partial charge in [-0.2, -0.15) is 8.78 Å². The SMILES string of the molecule is CC(F)(F)Oc1cccnc1Br. The molecular formula is C7H6BrF2NO. The summed E-state index contributed by atoms with van der Waals surface area (Å²) in [6.45, 7) is 0.673. The Morgan fingerprint density at radius 3 is 2.75 bits per heavy atom. The molecule has 0 aliphatic rings. The summed E-state index contributed by atoms with van der Waals surface area (Å²) in [6.07, 6.45) is -1.70. The average molecular weight is 238 g/mol. The lowest BCUT2D eigenvalue weighted by Gasteiger charge is -2.12. The molecule has 0 N–H and O–H groups in total. The van der Waals surface area contributed by atoms with E-state index < -0.39 is 6.11 Å². The number of halogens is 3. The highest BCUT2D eigenvalue weighted by Gasteiger charge is 2.24. The van der Waals surface area contributed by atoms with E-state index in [-0.39, 0.29) is 10.4 Å². The Balaban J connectivity index is 2.83. The lowest BCUT2D eigenvalue weighted by molar-refractivity contribution is -0.159. The van der Waals surface area contributed by atoms with E-state index >= 15 is 0 Å².